The van der Waals surface area contributed by atoms with Crippen molar-refractivity contribution in [2.75, 3.05) is 13.7 Å². The van der Waals surface area contributed by atoms with Crippen LogP contribution in [0.3, 0.4) is 0 Å². The largest absolute Gasteiger partial charge is 0.469 e. The summed E-state index contributed by atoms with van der Waals surface area (Å²) in [4.78, 5) is 25.0. The third-order valence-electron chi connectivity index (χ3n) is 3.62. The van der Waals surface area contributed by atoms with Crippen LogP contribution in [0.15, 0.2) is 12.2 Å². The number of carbonyl (C=O) groups excluding carboxylic acids is 2. The summed E-state index contributed by atoms with van der Waals surface area (Å²) >= 11 is 6.34. The smallest absolute Gasteiger partial charge is 0.410 e. The molecule has 0 saturated carbocycles. The van der Waals surface area contributed by atoms with E-state index in [-0.39, 0.29) is 23.5 Å². The maximum atomic E-state index is 12.2. The van der Waals surface area contributed by atoms with E-state index in [2.05, 4.69) is 4.74 Å². The summed E-state index contributed by atoms with van der Waals surface area (Å²) in [7, 11) is 1.39. The highest BCUT2D eigenvalue weighted by molar-refractivity contribution is 6.21. The van der Waals surface area contributed by atoms with Gasteiger partial charge < -0.3 is 14.4 Å². The number of methoxy groups -OCH3 is 1. The quantitative estimate of drug-likeness (QED) is 0.317. The number of hydrogen-bond acceptors (Lipinski definition) is 4. The molecule has 1 unspecified atom stereocenters. The number of rotatable bonds is 6. The van der Waals surface area contributed by atoms with Crippen LogP contribution in [0.5, 0.6) is 0 Å². The summed E-state index contributed by atoms with van der Waals surface area (Å²) in [6, 6.07) is -0.0385. The molecule has 0 aromatic rings. The van der Waals surface area contributed by atoms with E-state index in [1.807, 2.05) is 32.9 Å². The van der Waals surface area contributed by atoms with E-state index >= 15 is 0 Å². The van der Waals surface area contributed by atoms with Gasteiger partial charge in [0.05, 0.1) is 18.5 Å². The van der Waals surface area contributed by atoms with Crippen LogP contribution in [0.4, 0.5) is 4.79 Å². The lowest BCUT2D eigenvalue weighted by atomic mass is 10.1. The maximum absolute atomic E-state index is 12.2. The van der Waals surface area contributed by atoms with E-state index in [9.17, 15) is 9.59 Å². The summed E-state index contributed by atoms with van der Waals surface area (Å²) < 4.78 is 10.0. The lowest BCUT2D eigenvalue weighted by molar-refractivity contribution is -0.140. The Labute approximate surface area is 143 Å². The SMILES string of the molecule is COC(=O)CCCC=CC[C@@H]1C(Cl)CCN1C(=O)OC(C)(C)C. The second kappa shape index (κ2) is 9.16. The first-order chi connectivity index (χ1) is 10.7. The highest BCUT2D eigenvalue weighted by atomic mass is 35.5. The first kappa shape index (κ1) is 19.8. The molecule has 5 nitrogen and oxygen atoms in total. The van der Waals surface area contributed by atoms with E-state index in [0.717, 1.165) is 19.3 Å². The second-order valence-corrected chi connectivity index (χ2v) is 7.28. The number of carbonyl (C=O) groups is 2. The van der Waals surface area contributed by atoms with Gasteiger partial charge in [0.15, 0.2) is 0 Å². The molecule has 0 aromatic carbocycles. The minimum atomic E-state index is -0.504. The second-order valence-electron chi connectivity index (χ2n) is 6.72. The Morgan fingerprint density at radius 3 is 2.61 bits per heavy atom. The van der Waals surface area contributed by atoms with Gasteiger partial charge in [-0.25, -0.2) is 4.79 Å². The molecule has 23 heavy (non-hydrogen) atoms. The first-order valence-electron chi connectivity index (χ1n) is 8.10. The van der Waals surface area contributed by atoms with Crippen LogP contribution in [-0.2, 0) is 14.3 Å². The third-order valence-corrected chi connectivity index (χ3v) is 4.12. The fraction of sp³-hybridized carbons (Fsp3) is 0.765. The minimum Gasteiger partial charge on any atom is -0.469 e. The Balaban J connectivity index is 2.43. The van der Waals surface area contributed by atoms with E-state index in [1.54, 1.807) is 4.90 Å². The summed E-state index contributed by atoms with van der Waals surface area (Å²) in [5.74, 6) is -0.189. The van der Waals surface area contributed by atoms with Gasteiger partial charge in [0.25, 0.3) is 0 Å². The van der Waals surface area contributed by atoms with Gasteiger partial charge in [0.1, 0.15) is 5.60 Å². The topological polar surface area (TPSA) is 55.8 Å². The van der Waals surface area contributed by atoms with Crippen molar-refractivity contribution in [3.8, 4) is 0 Å². The Bertz CT molecular complexity index is 431. The van der Waals surface area contributed by atoms with E-state index in [0.29, 0.717) is 19.4 Å². The predicted octanol–water partition coefficient (Wildman–Crippen LogP) is 3.89. The molecule has 0 bridgehead atoms. The number of esters is 1. The normalized spacial score (nSPS) is 21.7. The molecule has 0 N–H and O–H groups in total. The van der Waals surface area contributed by atoms with Crippen molar-refractivity contribution in [1.82, 2.24) is 4.90 Å². The van der Waals surface area contributed by atoms with Gasteiger partial charge in [-0.05, 0) is 46.5 Å². The van der Waals surface area contributed by atoms with Gasteiger partial charge in [-0.15, -0.1) is 11.6 Å². The van der Waals surface area contributed by atoms with Crippen LogP contribution >= 0.6 is 11.6 Å². The van der Waals surface area contributed by atoms with Crippen molar-refractivity contribution < 1.29 is 19.1 Å². The van der Waals surface area contributed by atoms with Crippen LogP contribution in [-0.4, -0.2) is 47.6 Å². The highest BCUT2D eigenvalue weighted by Gasteiger charge is 2.37. The summed E-state index contributed by atoms with van der Waals surface area (Å²) in [6.07, 6.45) is 7.22. The Hall–Kier alpha value is -1.23. The number of allylic oxidation sites excluding steroid dienone is 1. The lowest BCUT2D eigenvalue weighted by Gasteiger charge is -2.29. The molecule has 2 atom stereocenters. The molecule has 1 saturated heterocycles. The van der Waals surface area contributed by atoms with Crippen molar-refractivity contribution in [3.05, 3.63) is 12.2 Å². The van der Waals surface area contributed by atoms with E-state index < -0.39 is 5.60 Å². The van der Waals surface area contributed by atoms with Crippen molar-refractivity contribution in [1.29, 1.82) is 0 Å². The van der Waals surface area contributed by atoms with E-state index in [4.69, 9.17) is 16.3 Å². The van der Waals surface area contributed by atoms with Gasteiger partial charge in [0, 0.05) is 13.0 Å². The van der Waals surface area contributed by atoms with Gasteiger partial charge >= 0.3 is 12.1 Å². The molecule has 0 aromatic heterocycles. The number of hydrogen-bond donors (Lipinski definition) is 0. The molecule has 1 heterocycles. The molecule has 0 radical (unpaired) electrons. The first-order valence-corrected chi connectivity index (χ1v) is 8.53. The zero-order valence-corrected chi connectivity index (χ0v) is 15.3. The van der Waals surface area contributed by atoms with E-state index in [1.165, 1.54) is 7.11 Å². The van der Waals surface area contributed by atoms with Gasteiger partial charge in [-0.2, -0.15) is 0 Å². The van der Waals surface area contributed by atoms with Gasteiger partial charge in [-0.3, -0.25) is 4.79 Å². The molecular formula is C17H28ClNO4. The van der Waals surface area contributed by atoms with Crippen molar-refractivity contribution in [3.63, 3.8) is 0 Å². The molecule has 0 aliphatic carbocycles. The molecule has 6 heteroatoms. The minimum absolute atomic E-state index is 0.0385. The molecule has 1 fully saturated rings. The van der Waals surface area contributed by atoms with Crippen LogP contribution in [0.1, 0.15) is 52.9 Å². The number of likely N-dealkylation sites (tertiary alicyclic amines) is 1. The summed E-state index contributed by atoms with van der Waals surface area (Å²) in [5, 5.41) is -0.0535. The number of unbranched alkanes of at least 4 members (excludes halogenated alkanes) is 1. The monoisotopic (exact) mass is 345 g/mol. The van der Waals surface area contributed by atoms with Crippen molar-refractivity contribution >= 4 is 23.7 Å². The number of ether oxygens (including phenoxy) is 2. The molecule has 1 aliphatic heterocycles. The van der Waals surface area contributed by atoms with Crippen LogP contribution in [0, 0.1) is 0 Å². The standard InChI is InChI=1S/C17H28ClNO4/c1-17(2,3)23-16(21)19-12-11-13(18)14(19)9-7-5-6-8-10-15(20)22-4/h5,7,13-14H,6,8-12H2,1-4H3/t13?,14-/m1/s1. The summed E-state index contributed by atoms with van der Waals surface area (Å²) in [5.41, 5.74) is -0.504. The molecule has 1 aliphatic rings. The average Bonchev–Trinajstić information content (AvgIpc) is 2.82. The number of amides is 1. The molecule has 1 rings (SSSR count). The predicted molar refractivity (Wildman–Crippen MR) is 90.6 cm³/mol. The molecule has 132 valence electrons. The van der Waals surface area contributed by atoms with Crippen LogP contribution in [0.2, 0.25) is 0 Å². The number of halogens is 1. The van der Waals surface area contributed by atoms with Crippen molar-refractivity contribution in [2.24, 2.45) is 0 Å². The Morgan fingerprint density at radius 1 is 1.30 bits per heavy atom. The van der Waals surface area contributed by atoms with Gasteiger partial charge in [0.2, 0.25) is 0 Å². The molecular weight excluding hydrogens is 318 g/mol. The zero-order chi connectivity index (χ0) is 17.5. The average molecular weight is 346 g/mol. The fourth-order valence-corrected chi connectivity index (χ4v) is 2.79. The number of alkyl halides is 1. The van der Waals surface area contributed by atoms with Crippen LogP contribution < -0.4 is 0 Å². The Kier molecular flexibility index (Phi) is 7.89. The zero-order valence-electron chi connectivity index (χ0n) is 14.5. The summed E-state index contributed by atoms with van der Waals surface area (Å²) in [6.45, 7) is 6.20. The number of nitrogens with zero attached hydrogens (tertiary/aromatic N) is 1. The molecule has 0 spiro atoms. The highest BCUT2D eigenvalue weighted by Crippen LogP contribution is 2.27. The Morgan fingerprint density at radius 2 is 2.00 bits per heavy atom. The molecule has 1 amide bonds. The fourth-order valence-electron chi connectivity index (χ4n) is 2.46. The van der Waals surface area contributed by atoms with Crippen LogP contribution in [0.25, 0.3) is 0 Å². The maximum Gasteiger partial charge on any atom is 0.410 e. The van der Waals surface area contributed by atoms with Crippen molar-refractivity contribution in [2.45, 2.75) is 69.9 Å². The third kappa shape index (κ3) is 7.25. The lowest BCUT2D eigenvalue weighted by Crippen LogP contribution is -2.41. The van der Waals surface area contributed by atoms with Gasteiger partial charge in [-0.1, -0.05) is 12.2 Å².